The fourth-order valence-electron chi connectivity index (χ4n) is 1.15. The molecule has 1 N–H and O–H groups in total. The zero-order chi connectivity index (χ0) is 7.23. The van der Waals surface area contributed by atoms with Crippen LogP contribution in [0.2, 0.25) is 0 Å². The van der Waals surface area contributed by atoms with Gasteiger partial charge in [0.2, 0.25) is 0 Å². The molecular weight excluding hydrogens is 128 g/mol. The second kappa shape index (κ2) is 4.66. The molecule has 1 rings (SSSR count). The van der Waals surface area contributed by atoms with Gasteiger partial charge in [-0.2, -0.15) is 5.06 Å². The van der Waals surface area contributed by atoms with Crippen molar-refractivity contribution in [3.8, 4) is 0 Å². The topological polar surface area (TPSA) is 24.5 Å². The number of nitrogens with zero attached hydrogens (tertiary/aromatic N) is 1. The van der Waals surface area contributed by atoms with E-state index >= 15 is 0 Å². The van der Waals surface area contributed by atoms with E-state index in [0.717, 1.165) is 13.1 Å². The standard InChI is InChI=1S/C7H16N2O/c1-8-7-10-9-5-3-2-4-6-9/h8H,2-7H2,1H3. The van der Waals surface area contributed by atoms with Gasteiger partial charge in [0.25, 0.3) is 0 Å². The van der Waals surface area contributed by atoms with Gasteiger partial charge in [-0.15, -0.1) is 0 Å². The Morgan fingerprint density at radius 2 is 2.00 bits per heavy atom. The molecule has 1 aliphatic rings. The van der Waals surface area contributed by atoms with Crippen LogP contribution >= 0.6 is 0 Å². The Morgan fingerprint density at radius 1 is 1.30 bits per heavy atom. The largest absolute Gasteiger partial charge is 0.296 e. The Bertz CT molecular complexity index is 81.7. The second-order valence-corrected chi connectivity index (χ2v) is 2.62. The van der Waals surface area contributed by atoms with E-state index in [-0.39, 0.29) is 0 Å². The number of hydroxylamine groups is 2. The predicted octanol–water partition coefficient (Wildman–Crippen LogP) is 0.581. The number of piperidine rings is 1. The first-order chi connectivity index (χ1) is 4.93. The van der Waals surface area contributed by atoms with Crippen molar-refractivity contribution in [2.75, 3.05) is 26.9 Å². The molecule has 3 heteroatoms. The lowest BCUT2D eigenvalue weighted by atomic mass is 10.2. The molecule has 0 amide bonds. The molecule has 0 bridgehead atoms. The average molecular weight is 144 g/mol. The maximum Gasteiger partial charge on any atom is 0.118 e. The SMILES string of the molecule is CNCON1CCCCC1. The lowest BCUT2D eigenvalue weighted by Crippen LogP contribution is -2.32. The summed E-state index contributed by atoms with van der Waals surface area (Å²) >= 11 is 0. The van der Waals surface area contributed by atoms with Gasteiger partial charge in [-0.1, -0.05) is 6.42 Å². The molecule has 0 radical (unpaired) electrons. The monoisotopic (exact) mass is 144 g/mol. The molecule has 0 atom stereocenters. The Labute approximate surface area is 62.3 Å². The highest BCUT2D eigenvalue weighted by molar-refractivity contribution is 4.55. The van der Waals surface area contributed by atoms with Crippen molar-refractivity contribution >= 4 is 0 Å². The van der Waals surface area contributed by atoms with E-state index in [0.29, 0.717) is 6.73 Å². The highest BCUT2D eigenvalue weighted by Gasteiger charge is 2.08. The third-order valence-electron chi connectivity index (χ3n) is 1.71. The fraction of sp³-hybridized carbons (Fsp3) is 1.00. The van der Waals surface area contributed by atoms with Crippen LogP contribution in [0.5, 0.6) is 0 Å². The fourth-order valence-corrected chi connectivity index (χ4v) is 1.15. The van der Waals surface area contributed by atoms with E-state index in [2.05, 4.69) is 5.32 Å². The van der Waals surface area contributed by atoms with Gasteiger partial charge in [-0.3, -0.25) is 10.2 Å². The molecule has 1 saturated heterocycles. The van der Waals surface area contributed by atoms with Gasteiger partial charge in [0.15, 0.2) is 0 Å². The summed E-state index contributed by atoms with van der Waals surface area (Å²) in [7, 11) is 1.89. The van der Waals surface area contributed by atoms with E-state index in [4.69, 9.17) is 4.84 Å². The molecule has 0 saturated carbocycles. The zero-order valence-corrected chi connectivity index (χ0v) is 6.60. The minimum absolute atomic E-state index is 0.639. The number of hydrogen-bond donors (Lipinski definition) is 1. The van der Waals surface area contributed by atoms with Crippen LogP contribution in [0.1, 0.15) is 19.3 Å². The maximum absolute atomic E-state index is 5.35. The van der Waals surface area contributed by atoms with E-state index in [9.17, 15) is 0 Å². The summed E-state index contributed by atoms with van der Waals surface area (Å²) in [4.78, 5) is 5.35. The molecule has 1 heterocycles. The Hall–Kier alpha value is -0.120. The van der Waals surface area contributed by atoms with Crippen LogP contribution in [-0.2, 0) is 4.84 Å². The molecule has 0 aromatic carbocycles. The summed E-state index contributed by atoms with van der Waals surface area (Å²) in [6.07, 6.45) is 3.92. The van der Waals surface area contributed by atoms with E-state index in [1.165, 1.54) is 19.3 Å². The van der Waals surface area contributed by atoms with Gasteiger partial charge < -0.3 is 0 Å². The summed E-state index contributed by atoms with van der Waals surface area (Å²) in [5, 5.41) is 4.99. The average Bonchev–Trinajstić information content (AvgIpc) is 2.03. The summed E-state index contributed by atoms with van der Waals surface area (Å²) < 4.78 is 0. The molecule has 0 spiro atoms. The summed E-state index contributed by atoms with van der Waals surface area (Å²) in [6.45, 7) is 2.84. The number of nitrogens with one attached hydrogen (secondary N) is 1. The minimum atomic E-state index is 0.639. The van der Waals surface area contributed by atoms with Crippen LogP contribution < -0.4 is 5.32 Å². The van der Waals surface area contributed by atoms with Crippen molar-refractivity contribution in [3.63, 3.8) is 0 Å². The molecule has 0 unspecified atom stereocenters. The molecule has 3 nitrogen and oxygen atoms in total. The van der Waals surface area contributed by atoms with Crippen molar-refractivity contribution in [1.82, 2.24) is 10.4 Å². The van der Waals surface area contributed by atoms with E-state index < -0.39 is 0 Å². The van der Waals surface area contributed by atoms with Crippen molar-refractivity contribution in [3.05, 3.63) is 0 Å². The first kappa shape index (κ1) is 7.98. The van der Waals surface area contributed by atoms with Gasteiger partial charge >= 0.3 is 0 Å². The smallest absolute Gasteiger partial charge is 0.118 e. The normalized spacial score (nSPS) is 21.3. The summed E-state index contributed by atoms with van der Waals surface area (Å²) in [5.74, 6) is 0. The molecule has 0 aliphatic carbocycles. The van der Waals surface area contributed by atoms with Crippen molar-refractivity contribution in [1.29, 1.82) is 0 Å². The predicted molar refractivity (Wildman–Crippen MR) is 40.4 cm³/mol. The van der Waals surface area contributed by atoms with Gasteiger partial charge in [-0.25, -0.2) is 0 Å². The highest BCUT2D eigenvalue weighted by Crippen LogP contribution is 2.07. The van der Waals surface area contributed by atoms with Gasteiger partial charge in [0.1, 0.15) is 6.73 Å². The van der Waals surface area contributed by atoms with Crippen LogP contribution in [0, 0.1) is 0 Å². The van der Waals surface area contributed by atoms with Gasteiger partial charge in [-0.05, 0) is 19.9 Å². The first-order valence-electron chi connectivity index (χ1n) is 3.96. The highest BCUT2D eigenvalue weighted by atomic mass is 16.7. The van der Waals surface area contributed by atoms with Crippen molar-refractivity contribution < 1.29 is 4.84 Å². The van der Waals surface area contributed by atoms with Crippen LogP contribution in [0.25, 0.3) is 0 Å². The maximum atomic E-state index is 5.35. The molecule has 60 valence electrons. The molecule has 1 fully saturated rings. The Balaban J connectivity index is 2.02. The molecule has 10 heavy (non-hydrogen) atoms. The van der Waals surface area contributed by atoms with Gasteiger partial charge in [0.05, 0.1) is 0 Å². The van der Waals surface area contributed by atoms with Crippen molar-refractivity contribution in [2.45, 2.75) is 19.3 Å². The Morgan fingerprint density at radius 3 is 2.60 bits per heavy atom. The summed E-state index contributed by atoms with van der Waals surface area (Å²) in [5.41, 5.74) is 0. The van der Waals surface area contributed by atoms with E-state index in [1.807, 2.05) is 12.1 Å². The molecule has 1 aliphatic heterocycles. The van der Waals surface area contributed by atoms with E-state index in [1.54, 1.807) is 0 Å². The summed E-state index contributed by atoms with van der Waals surface area (Å²) in [6, 6.07) is 0. The minimum Gasteiger partial charge on any atom is -0.296 e. The molecule has 0 aromatic heterocycles. The first-order valence-corrected chi connectivity index (χ1v) is 3.96. The number of hydrogen-bond acceptors (Lipinski definition) is 3. The Kier molecular flexibility index (Phi) is 3.72. The number of rotatable bonds is 3. The lowest BCUT2D eigenvalue weighted by Gasteiger charge is -2.25. The third-order valence-corrected chi connectivity index (χ3v) is 1.71. The second-order valence-electron chi connectivity index (χ2n) is 2.62. The quantitative estimate of drug-likeness (QED) is 0.586. The van der Waals surface area contributed by atoms with Crippen LogP contribution in [0.3, 0.4) is 0 Å². The van der Waals surface area contributed by atoms with Crippen LogP contribution in [0.15, 0.2) is 0 Å². The van der Waals surface area contributed by atoms with Gasteiger partial charge in [0, 0.05) is 13.1 Å². The van der Waals surface area contributed by atoms with Crippen LogP contribution in [0.4, 0.5) is 0 Å². The molecular formula is C7H16N2O. The lowest BCUT2D eigenvalue weighted by molar-refractivity contribution is -0.172. The van der Waals surface area contributed by atoms with Crippen molar-refractivity contribution in [2.24, 2.45) is 0 Å². The molecule has 0 aromatic rings. The third kappa shape index (κ3) is 2.64. The van der Waals surface area contributed by atoms with Crippen LogP contribution in [-0.4, -0.2) is 31.9 Å². The zero-order valence-electron chi connectivity index (χ0n) is 6.60.